The average Bonchev–Trinajstić information content (AvgIpc) is 3.19. The lowest BCUT2D eigenvalue weighted by Crippen LogP contribution is -2.05. The SMILES string of the molecule is O=C1OC(c2ccco2)=NC1=C1OC(=O)c2ccccc21. The van der Waals surface area contributed by atoms with Gasteiger partial charge in [0.2, 0.25) is 0 Å². The Kier molecular flexibility index (Phi) is 2.32. The molecule has 0 aliphatic carbocycles. The van der Waals surface area contributed by atoms with Gasteiger partial charge in [0.15, 0.2) is 17.2 Å². The van der Waals surface area contributed by atoms with Crippen molar-refractivity contribution in [2.45, 2.75) is 0 Å². The zero-order valence-electron chi connectivity index (χ0n) is 10.5. The third-order valence-corrected chi connectivity index (χ3v) is 3.13. The third-order valence-electron chi connectivity index (χ3n) is 3.13. The lowest BCUT2D eigenvalue weighted by atomic mass is 10.1. The summed E-state index contributed by atoms with van der Waals surface area (Å²) in [4.78, 5) is 27.8. The summed E-state index contributed by atoms with van der Waals surface area (Å²) in [6.07, 6.45) is 1.45. The molecule has 4 rings (SSSR count). The van der Waals surface area contributed by atoms with Gasteiger partial charge in [-0.15, -0.1) is 0 Å². The van der Waals surface area contributed by atoms with Crippen LogP contribution >= 0.6 is 0 Å². The summed E-state index contributed by atoms with van der Waals surface area (Å²) in [5, 5.41) is 0. The molecule has 1 aromatic heterocycles. The summed E-state index contributed by atoms with van der Waals surface area (Å²) in [6, 6.07) is 10.1. The van der Waals surface area contributed by atoms with Crippen LogP contribution in [-0.4, -0.2) is 17.8 Å². The van der Waals surface area contributed by atoms with Crippen LogP contribution in [0.15, 0.2) is 57.8 Å². The standard InChI is InChI=1S/C15H7NO5/c17-14-9-5-2-1-4-8(9)12(20-14)11-15(18)21-13(16-11)10-6-3-7-19-10/h1-7H. The van der Waals surface area contributed by atoms with Gasteiger partial charge >= 0.3 is 11.9 Å². The molecule has 0 bridgehead atoms. The average molecular weight is 281 g/mol. The molecule has 6 nitrogen and oxygen atoms in total. The maximum absolute atomic E-state index is 12.0. The molecule has 3 heterocycles. The minimum atomic E-state index is -0.680. The largest absolute Gasteiger partial charge is 0.459 e. The van der Waals surface area contributed by atoms with E-state index in [9.17, 15) is 9.59 Å². The molecule has 0 spiro atoms. The fourth-order valence-electron chi connectivity index (χ4n) is 2.19. The van der Waals surface area contributed by atoms with E-state index in [1.165, 1.54) is 6.26 Å². The minimum Gasteiger partial charge on any atom is -0.459 e. The molecule has 0 saturated carbocycles. The van der Waals surface area contributed by atoms with Crippen molar-refractivity contribution < 1.29 is 23.5 Å². The molecule has 0 saturated heterocycles. The fourth-order valence-corrected chi connectivity index (χ4v) is 2.19. The molecule has 0 radical (unpaired) electrons. The number of benzene rings is 1. The van der Waals surface area contributed by atoms with Crippen molar-refractivity contribution in [2.24, 2.45) is 4.99 Å². The van der Waals surface area contributed by atoms with Crippen LogP contribution in [0.5, 0.6) is 0 Å². The number of nitrogens with zero attached hydrogens (tertiary/aromatic N) is 1. The predicted octanol–water partition coefficient (Wildman–Crippen LogP) is 2.12. The van der Waals surface area contributed by atoms with Gasteiger partial charge < -0.3 is 13.9 Å². The highest BCUT2D eigenvalue weighted by Crippen LogP contribution is 2.34. The van der Waals surface area contributed by atoms with Gasteiger partial charge in [-0.1, -0.05) is 18.2 Å². The summed E-state index contributed by atoms with van der Waals surface area (Å²) >= 11 is 0. The van der Waals surface area contributed by atoms with E-state index < -0.39 is 11.9 Å². The highest BCUT2D eigenvalue weighted by Gasteiger charge is 2.36. The number of esters is 2. The number of hydrogen-bond donors (Lipinski definition) is 0. The molecule has 0 fully saturated rings. The summed E-state index contributed by atoms with van der Waals surface area (Å²) in [5.41, 5.74) is 0.882. The van der Waals surface area contributed by atoms with Crippen LogP contribution in [0.3, 0.4) is 0 Å². The van der Waals surface area contributed by atoms with Crippen LogP contribution in [-0.2, 0) is 14.3 Å². The summed E-state index contributed by atoms with van der Waals surface area (Å²) in [5.74, 6) is -0.699. The number of carbonyl (C=O) groups excluding carboxylic acids is 2. The van der Waals surface area contributed by atoms with Crippen molar-refractivity contribution in [3.05, 3.63) is 65.2 Å². The number of ether oxygens (including phenoxy) is 2. The Morgan fingerprint density at radius 1 is 0.857 bits per heavy atom. The van der Waals surface area contributed by atoms with E-state index >= 15 is 0 Å². The van der Waals surface area contributed by atoms with E-state index in [0.717, 1.165) is 0 Å². The van der Waals surface area contributed by atoms with E-state index in [1.807, 2.05) is 0 Å². The molecular formula is C15H7NO5. The normalized spacial score (nSPS) is 20.1. The lowest BCUT2D eigenvalue weighted by Gasteiger charge is -1.98. The van der Waals surface area contributed by atoms with E-state index in [1.54, 1.807) is 36.4 Å². The molecule has 2 aliphatic rings. The summed E-state index contributed by atoms with van der Waals surface area (Å²) in [7, 11) is 0. The predicted molar refractivity (Wildman–Crippen MR) is 70.1 cm³/mol. The topological polar surface area (TPSA) is 78.1 Å². The quantitative estimate of drug-likeness (QED) is 0.591. The smallest absolute Gasteiger partial charge is 0.367 e. The Morgan fingerprint density at radius 2 is 1.67 bits per heavy atom. The molecule has 1 aromatic carbocycles. The molecule has 0 amide bonds. The van der Waals surface area contributed by atoms with Crippen LogP contribution in [0.25, 0.3) is 5.76 Å². The van der Waals surface area contributed by atoms with Crippen LogP contribution < -0.4 is 0 Å². The van der Waals surface area contributed by atoms with Crippen molar-refractivity contribution in [3.63, 3.8) is 0 Å². The van der Waals surface area contributed by atoms with Crippen molar-refractivity contribution in [3.8, 4) is 0 Å². The number of cyclic esters (lactones) is 2. The molecule has 2 aromatic rings. The molecule has 0 unspecified atom stereocenters. The van der Waals surface area contributed by atoms with Gasteiger partial charge in [0, 0.05) is 5.56 Å². The highest BCUT2D eigenvalue weighted by atomic mass is 16.6. The first-order valence-electron chi connectivity index (χ1n) is 6.14. The molecular weight excluding hydrogens is 274 g/mol. The van der Waals surface area contributed by atoms with Crippen molar-refractivity contribution in [2.75, 3.05) is 0 Å². The number of furan rings is 1. The molecule has 0 N–H and O–H groups in total. The lowest BCUT2D eigenvalue weighted by molar-refractivity contribution is -0.130. The maximum atomic E-state index is 12.0. The Hall–Kier alpha value is -3.15. The van der Waals surface area contributed by atoms with Crippen LogP contribution in [0, 0.1) is 0 Å². The minimum absolute atomic E-state index is 0.0419. The van der Waals surface area contributed by atoms with Gasteiger partial charge in [-0.25, -0.2) is 9.59 Å². The van der Waals surface area contributed by atoms with Gasteiger partial charge in [-0.2, -0.15) is 4.99 Å². The Balaban J connectivity index is 1.87. The second-order valence-corrected chi connectivity index (χ2v) is 4.40. The van der Waals surface area contributed by atoms with E-state index in [2.05, 4.69) is 4.99 Å². The van der Waals surface area contributed by atoms with E-state index in [4.69, 9.17) is 13.9 Å². The zero-order chi connectivity index (χ0) is 14.4. The molecule has 102 valence electrons. The van der Waals surface area contributed by atoms with Crippen molar-refractivity contribution in [1.82, 2.24) is 0 Å². The van der Waals surface area contributed by atoms with Crippen LogP contribution in [0.2, 0.25) is 0 Å². The van der Waals surface area contributed by atoms with Crippen molar-refractivity contribution >= 4 is 23.6 Å². The van der Waals surface area contributed by atoms with E-state index in [-0.39, 0.29) is 17.4 Å². The first-order valence-corrected chi connectivity index (χ1v) is 6.14. The van der Waals surface area contributed by atoms with Crippen molar-refractivity contribution in [1.29, 1.82) is 0 Å². The Bertz CT molecular complexity index is 830. The number of rotatable bonds is 1. The maximum Gasteiger partial charge on any atom is 0.367 e. The number of carbonyl (C=O) groups is 2. The van der Waals surface area contributed by atoms with Gasteiger partial charge in [0.05, 0.1) is 11.8 Å². The van der Waals surface area contributed by atoms with Gasteiger partial charge in [0.1, 0.15) is 0 Å². The van der Waals surface area contributed by atoms with Gasteiger partial charge in [-0.3, -0.25) is 0 Å². The number of hydrogen-bond acceptors (Lipinski definition) is 6. The third kappa shape index (κ3) is 1.69. The zero-order valence-corrected chi connectivity index (χ0v) is 10.5. The highest BCUT2D eigenvalue weighted by molar-refractivity contribution is 6.15. The number of aliphatic imine (C=N–C) groups is 1. The Morgan fingerprint density at radius 3 is 2.43 bits per heavy atom. The summed E-state index contributed by atoms with van der Waals surface area (Å²) in [6.45, 7) is 0. The van der Waals surface area contributed by atoms with Crippen LogP contribution in [0.4, 0.5) is 0 Å². The van der Waals surface area contributed by atoms with Gasteiger partial charge in [-0.05, 0) is 18.2 Å². The molecule has 6 heteroatoms. The summed E-state index contributed by atoms with van der Waals surface area (Å²) < 4.78 is 15.3. The van der Waals surface area contributed by atoms with E-state index in [0.29, 0.717) is 16.9 Å². The second kappa shape index (κ2) is 4.17. The van der Waals surface area contributed by atoms with Crippen LogP contribution in [0.1, 0.15) is 21.7 Å². The van der Waals surface area contributed by atoms with Gasteiger partial charge in [0.25, 0.3) is 5.90 Å². The number of fused-ring (bicyclic) bond motifs is 1. The molecule has 21 heavy (non-hydrogen) atoms. The fraction of sp³-hybridized carbons (Fsp3) is 0. The monoisotopic (exact) mass is 281 g/mol. The molecule has 0 atom stereocenters. The molecule has 2 aliphatic heterocycles. The first kappa shape index (κ1) is 11.7. The Labute approximate surface area is 118 Å². The second-order valence-electron chi connectivity index (χ2n) is 4.40. The first-order chi connectivity index (χ1) is 10.2.